The molecule has 0 spiro atoms. The van der Waals surface area contributed by atoms with Crippen molar-refractivity contribution in [2.45, 2.75) is 31.6 Å². The molecule has 0 saturated heterocycles. The summed E-state index contributed by atoms with van der Waals surface area (Å²) in [6, 6.07) is 11.9. The molecule has 0 aliphatic carbocycles. The normalized spacial score (nSPS) is 11.7. The zero-order valence-corrected chi connectivity index (χ0v) is 19.5. The molecule has 2 aromatic carbocycles. The first-order valence-corrected chi connectivity index (χ1v) is 11.8. The second-order valence-electron chi connectivity index (χ2n) is 7.12. The molecule has 33 heavy (non-hydrogen) atoms. The lowest BCUT2D eigenvalue weighted by atomic mass is 10.2. The van der Waals surface area contributed by atoms with Crippen molar-refractivity contribution < 1.29 is 22.7 Å². The van der Waals surface area contributed by atoms with Crippen LogP contribution < -0.4 is 21.2 Å². The second kappa shape index (κ2) is 12.0. The minimum Gasteiger partial charge on any atom is -0.462 e. The molecule has 0 aromatic heterocycles. The summed E-state index contributed by atoms with van der Waals surface area (Å²) in [5.74, 6) is -0.484. The van der Waals surface area contributed by atoms with Gasteiger partial charge in [0.2, 0.25) is 0 Å². The topological polar surface area (TPSA) is 157 Å². The maximum Gasteiger partial charge on any atom is 0.338 e. The summed E-state index contributed by atoms with van der Waals surface area (Å²) < 4.78 is 33.1. The van der Waals surface area contributed by atoms with Crippen LogP contribution in [-0.4, -0.2) is 45.8 Å². The summed E-state index contributed by atoms with van der Waals surface area (Å²) in [4.78, 5) is 23.0. The lowest BCUT2D eigenvalue weighted by molar-refractivity contribution is 0.0526. The van der Waals surface area contributed by atoms with E-state index in [0.717, 1.165) is 5.56 Å². The van der Waals surface area contributed by atoms with E-state index in [1.165, 1.54) is 16.4 Å². The van der Waals surface area contributed by atoms with E-state index in [1.807, 2.05) is 6.92 Å². The van der Waals surface area contributed by atoms with E-state index in [4.69, 9.17) is 16.2 Å². The van der Waals surface area contributed by atoms with Gasteiger partial charge in [-0.2, -0.15) is 5.10 Å². The fourth-order valence-corrected chi connectivity index (χ4v) is 4.47. The van der Waals surface area contributed by atoms with Crippen molar-refractivity contribution in [3.05, 3.63) is 59.7 Å². The van der Waals surface area contributed by atoms with Gasteiger partial charge in [-0.1, -0.05) is 17.7 Å². The van der Waals surface area contributed by atoms with E-state index >= 15 is 0 Å². The van der Waals surface area contributed by atoms with Crippen molar-refractivity contribution in [1.29, 1.82) is 0 Å². The fraction of sp³-hybridized carbons (Fsp3) is 0.318. The highest BCUT2D eigenvalue weighted by Crippen LogP contribution is 2.25. The number of hydrogen-bond acceptors (Lipinski definition) is 7. The minimum absolute atomic E-state index is 0.0826. The first-order chi connectivity index (χ1) is 15.7. The third-order valence-corrected chi connectivity index (χ3v) is 6.50. The number of hydrazone groups is 1. The summed E-state index contributed by atoms with van der Waals surface area (Å²) in [7, 11) is -3.89. The van der Waals surface area contributed by atoms with Crippen LogP contribution in [0.1, 0.15) is 35.7 Å². The molecular weight excluding hydrogens is 446 g/mol. The Bertz CT molecular complexity index is 1080. The third kappa shape index (κ3) is 7.29. The van der Waals surface area contributed by atoms with Crippen LogP contribution in [0.5, 0.6) is 0 Å². The van der Waals surface area contributed by atoms with Crippen LogP contribution in [0.3, 0.4) is 0 Å². The van der Waals surface area contributed by atoms with Crippen molar-refractivity contribution in [1.82, 2.24) is 5.43 Å². The number of ether oxygens (including phenoxy) is 1. The molecule has 0 bridgehead atoms. The number of anilines is 1. The largest absolute Gasteiger partial charge is 0.462 e. The molecule has 0 heterocycles. The van der Waals surface area contributed by atoms with Crippen molar-refractivity contribution in [3.8, 4) is 0 Å². The monoisotopic (exact) mass is 475 g/mol. The lowest BCUT2D eigenvalue weighted by Gasteiger charge is -2.25. The number of nitrogens with one attached hydrogen (secondary N) is 1. The number of sulfonamides is 1. The molecule has 0 saturated carbocycles. The Hall–Kier alpha value is -3.44. The predicted molar refractivity (Wildman–Crippen MR) is 127 cm³/mol. The highest BCUT2D eigenvalue weighted by Gasteiger charge is 2.25. The molecular formula is C22H29N5O5S. The van der Waals surface area contributed by atoms with Gasteiger partial charge in [-0.3, -0.25) is 4.31 Å². The zero-order valence-electron chi connectivity index (χ0n) is 18.7. The molecule has 2 rings (SSSR count). The fourth-order valence-electron chi connectivity index (χ4n) is 2.97. The molecule has 178 valence electrons. The first-order valence-electron chi connectivity index (χ1n) is 10.4. The number of nitrogens with two attached hydrogens (primary N) is 2. The van der Waals surface area contributed by atoms with Crippen LogP contribution in [-0.2, 0) is 14.8 Å². The van der Waals surface area contributed by atoms with Crippen LogP contribution in [0.4, 0.5) is 10.5 Å². The van der Waals surface area contributed by atoms with E-state index in [9.17, 15) is 18.0 Å². The van der Waals surface area contributed by atoms with Crippen molar-refractivity contribution in [2.24, 2.45) is 16.6 Å². The predicted octanol–water partition coefficient (Wildman–Crippen LogP) is 2.13. The van der Waals surface area contributed by atoms with Crippen molar-refractivity contribution in [2.75, 3.05) is 24.0 Å². The van der Waals surface area contributed by atoms with Crippen molar-refractivity contribution in [3.63, 3.8) is 0 Å². The van der Waals surface area contributed by atoms with E-state index in [2.05, 4.69) is 10.5 Å². The number of primary amides is 1. The Labute approximate surface area is 193 Å². The first kappa shape index (κ1) is 25.8. The molecule has 0 aliphatic heterocycles. The molecule has 10 nitrogen and oxygen atoms in total. The highest BCUT2D eigenvalue weighted by molar-refractivity contribution is 7.92. The average Bonchev–Trinajstić information content (AvgIpc) is 2.79. The molecule has 0 radical (unpaired) electrons. The van der Waals surface area contributed by atoms with Gasteiger partial charge in [0.05, 0.1) is 28.5 Å². The number of hydrogen-bond donors (Lipinski definition) is 3. The van der Waals surface area contributed by atoms with Crippen LogP contribution >= 0.6 is 0 Å². The molecule has 5 N–H and O–H groups in total. The van der Waals surface area contributed by atoms with Gasteiger partial charge < -0.3 is 16.2 Å². The number of urea groups is 1. The number of rotatable bonds is 11. The van der Waals surface area contributed by atoms with Gasteiger partial charge in [-0.25, -0.2) is 23.4 Å². The standard InChI is InChI=1S/C22H29N5O5S/c1-3-32-21(28)17-8-10-19(11-9-17)27(14-4-5-18(15-23)25-26-22(24)29)33(30,31)20-12-6-16(2)7-13-20/h6-13H,3-5,14-15,23H2,1-2H3,(H3,24,26,29). The Morgan fingerprint density at radius 2 is 1.73 bits per heavy atom. The summed E-state index contributed by atoms with van der Waals surface area (Å²) in [6.45, 7) is 4.02. The Morgan fingerprint density at radius 1 is 1.09 bits per heavy atom. The van der Waals surface area contributed by atoms with E-state index < -0.39 is 22.0 Å². The molecule has 0 unspecified atom stereocenters. The van der Waals surface area contributed by atoms with E-state index in [1.54, 1.807) is 43.3 Å². The molecule has 0 atom stereocenters. The Kier molecular flexibility index (Phi) is 9.37. The number of carbonyl (C=O) groups excluding carboxylic acids is 2. The Balaban J connectivity index is 2.32. The van der Waals surface area contributed by atoms with Crippen LogP contribution in [0.15, 0.2) is 58.5 Å². The number of amides is 2. The molecule has 0 fully saturated rings. The van der Waals surface area contributed by atoms with Crippen LogP contribution in [0.25, 0.3) is 0 Å². The summed E-state index contributed by atoms with van der Waals surface area (Å²) in [5, 5.41) is 3.84. The SMILES string of the molecule is CCOC(=O)c1ccc(N(CCCC(CN)=NNC(N)=O)S(=O)(=O)c2ccc(C)cc2)cc1. The summed E-state index contributed by atoms with van der Waals surface area (Å²) in [5.41, 5.74) is 14.9. The Morgan fingerprint density at radius 3 is 2.27 bits per heavy atom. The number of nitrogens with zero attached hydrogens (tertiary/aromatic N) is 2. The summed E-state index contributed by atoms with van der Waals surface area (Å²) >= 11 is 0. The van der Waals surface area contributed by atoms with Gasteiger partial charge in [0.1, 0.15) is 0 Å². The van der Waals surface area contributed by atoms with Crippen LogP contribution in [0, 0.1) is 6.92 Å². The quantitative estimate of drug-likeness (QED) is 0.257. The number of esters is 1. The molecule has 11 heteroatoms. The third-order valence-electron chi connectivity index (χ3n) is 4.66. The van der Waals surface area contributed by atoms with Gasteiger partial charge in [0, 0.05) is 13.1 Å². The number of aryl methyl sites for hydroxylation is 1. The van der Waals surface area contributed by atoms with Gasteiger partial charge >= 0.3 is 12.0 Å². The average molecular weight is 476 g/mol. The maximum absolute atomic E-state index is 13.4. The van der Waals surface area contributed by atoms with Gasteiger partial charge in [0.25, 0.3) is 10.0 Å². The molecule has 0 aliphatic rings. The summed E-state index contributed by atoms with van der Waals surface area (Å²) in [6.07, 6.45) is 0.721. The number of carbonyl (C=O) groups is 2. The minimum atomic E-state index is -3.89. The van der Waals surface area contributed by atoms with Gasteiger partial charge in [0.15, 0.2) is 0 Å². The van der Waals surface area contributed by atoms with Crippen molar-refractivity contribution >= 4 is 33.4 Å². The highest BCUT2D eigenvalue weighted by atomic mass is 32.2. The molecule has 2 aromatic rings. The molecule has 2 amide bonds. The van der Waals surface area contributed by atoms with Crippen LogP contribution in [0.2, 0.25) is 0 Å². The van der Waals surface area contributed by atoms with E-state index in [-0.39, 0.29) is 24.6 Å². The second-order valence-corrected chi connectivity index (χ2v) is 8.98. The van der Waals surface area contributed by atoms with Gasteiger partial charge in [-0.15, -0.1) is 0 Å². The zero-order chi connectivity index (χ0) is 24.4. The number of benzene rings is 2. The maximum atomic E-state index is 13.4. The smallest absolute Gasteiger partial charge is 0.338 e. The van der Waals surface area contributed by atoms with E-state index in [0.29, 0.717) is 29.8 Å². The van der Waals surface area contributed by atoms with Gasteiger partial charge in [-0.05, 0) is 63.1 Å². The lowest BCUT2D eigenvalue weighted by Crippen LogP contribution is -2.33.